The number of hydrogen-bond donors (Lipinski definition) is 4. The summed E-state index contributed by atoms with van der Waals surface area (Å²) in [6, 6.07) is 21.9. The highest BCUT2D eigenvalue weighted by Crippen LogP contribution is 2.57. The van der Waals surface area contributed by atoms with Gasteiger partial charge in [-0.15, -0.1) is 0 Å². The summed E-state index contributed by atoms with van der Waals surface area (Å²) >= 11 is 0. The zero-order valence-corrected chi connectivity index (χ0v) is 21.3. The maximum atomic E-state index is 13.3. The number of benzene rings is 4. The average Bonchev–Trinajstić information content (AvgIpc) is 3.21. The minimum atomic E-state index is -1.43. The second kappa shape index (κ2) is 9.18. The summed E-state index contributed by atoms with van der Waals surface area (Å²) in [6.07, 6.45) is 0.869. The van der Waals surface area contributed by atoms with Gasteiger partial charge in [0.05, 0.1) is 5.56 Å². The summed E-state index contributed by atoms with van der Waals surface area (Å²) in [6.45, 7) is 2.10. The highest BCUT2D eigenvalue weighted by molar-refractivity contribution is 6.06. The number of aromatic hydroxyl groups is 2. The van der Waals surface area contributed by atoms with Gasteiger partial charge in [-0.2, -0.15) is 0 Å². The number of hydrogen-bond acceptors (Lipinski definition) is 7. The zero-order chi connectivity index (χ0) is 27.3. The molecule has 0 aromatic heterocycles. The molecule has 39 heavy (non-hydrogen) atoms. The smallest absolute Gasteiger partial charge is 0.340 e. The molecule has 2 aliphatic rings. The van der Waals surface area contributed by atoms with E-state index >= 15 is 0 Å². The number of phenols is 2. The first-order valence-corrected chi connectivity index (χ1v) is 12.6. The van der Waals surface area contributed by atoms with Gasteiger partial charge in [0.2, 0.25) is 0 Å². The third-order valence-electron chi connectivity index (χ3n) is 7.28. The quantitative estimate of drug-likeness (QED) is 0.271. The fourth-order valence-corrected chi connectivity index (χ4v) is 5.22. The van der Waals surface area contributed by atoms with Crippen LogP contribution in [-0.4, -0.2) is 35.2 Å². The molecule has 1 atom stereocenters. The number of esters is 1. The van der Waals surface area contributed by atoms with Crippen LogP contribution in [0.5, 0.6) is 23.0 Å². The lowest BCUT2D eigenvalue weighted by molar-refractivity contribution is 0.0224. The van der Waals surface area contributed by atoms with Gasteiger partial charge in [0.25, 0.3) is 5.91 Å². The standard InChI is InChI=1S/C31H26N2O6/c1-17(32-2)13-18-3-6-20(7-4-18)33-29(36)19-5-10-23-26(14-19)31(39-30(23)37)24-11-8-21(34)15-27(24)38-28-16-22(35)9-12-25(28)31/h3-12,14-17,32,34-35H,13H2,1-2H3,(H,33,36)/t17-/m0/s1. The molecule has 1 spiro atoms. The van der Waals surface area contributed by atoms with E-state index in [1.54, 1.807) is 30.3 Å². The first kappa shape index (κ1) is 24.5. The van der Waals surface area contributed by atoms with Gasteiger partial charge in [0, 0.05) is 46.1 Å². The summed E-state index contributed by atoms with van der Waals surface area (Å²) in [5.74, 6) is -0.406. The average molecular weight is 523 g/mol. The molecule has 2 heterocycles. The van der Waals surface area contributed by atoms with Gasteiger partial charge in [0.15, 0.2) is 5.60 Å². The van der Waals surface area contributed by atoms with Crippen molar-refractivity contribution in [3.63, 3.8) is 0 Å². The molecule has 196 valence electrons. The number of nitrogens with one attached hydrogen (secondary N) is 2. The van der Waals surface area contributed by atoms with Crippen LogP contribution in [0.3, 0.4) is 0 Å². The predicted octanol–water partition coefficient (Wildman–Crippen LogP) is 5.07. The van der Waals surface area contributed by atoms with E-state index in [9.17, 15) is 19.8 Å². The molecule has 8 heteroatoms. The lowest BCUT2D eigenvalue weighted by Crippen LogP contribution is -2.33. The Labute approximate surface area is 224 Å². The van der Waals surface area contributed by atoms with Gasteiger partial charge < -0.3 is 30.3 Å². The molecule has 0 saturated carbocycles. The van der Waals surface area contributed by atoms with Crippen LogP contribution in [0.1, 0.15) is 49.9 Å². The number of carbonyl (C=O) groups excluding carboxylic acids is 2. The number of fused-ring (bicyclic) bond motifs is 6. The van der Waals surface area contributed by atoms with Crippen LogP contribution in [0.2, 0.25) is 0 Å². The van der Waals surface area contributed by atoms with Crippen LogP contribution in [-0.2, 0) is 16.8 Å². The number of anilines is 1. The van der Waals surface area contributed by atoms with E-state index in [0.29, 0.717) is 39.5 Å². The lowest BCUT2D eigenvalue weighted by Gasteiger charge is -2.36. The Bertz CT molecular complexity index is 1580. The number of ether oxygens (including phenoxy) is 2. The summed E-state index contributed by atoms with van der Waals surface area (Å²) < 4.78 is 12.1. The Hall–Kier alpha value is -4.82. The first-order valence-electron chi connectivity index (χ1n) is 12.6. The minimum Gasteiger partial charge on any atom is -0.508 e. The third kappa shape index (κ3) is 4.06. The molecule has 0 bridgehead atoms. The van der Waals surface area contributed by atoms with Gasteiger partial charge in [-0.3, -0.25) is 4.79 Å². The highest BCUT2D eigenvalue weighted by Gasteiger charge is 2.53. The van der Waals surface area contributed by atoms with Crippen molar-refractivity contribution in [2.45, 2.75) is 25.0 Å². The van der Waals surface area contributed by atoms with Crippen molar-refractivity contribution in [1.29, 1.82) is 0 Å². The normalized spacial score (nSPS) is 15.0. The molecule has 1 amide bonds. The van der Waals surface area contributed by atoms with E-state index in [4.69, 9.17) is 9.47 Å². The molecular formula is C31H26N2O6. The van der Waals surface area contributed by atoms with Gasteiger partial charge >= 0.3 is 5.97 Å². The Morgan fingerprint density at radius 2 is 1.51 bits per heavy atom. The molecule has 4 aromatic rings. The van der Waals surface area contributed by atoms with Crippen LogP contribution < -0.4 is 15.4 Å². The van der Waals surface area contributed by atoms with E-state index in [1.165, 1.54) is 24.3 Å². The summed E-state index contributed by atoms with van der Waals surface area (Å²) in [5, 5.41) is 26.4. The largest absolute Gasteiger partial charge is 0.508 e. The molecular weight excluding hydrogens is 496 g/mol. The molecule has 4 aromatic carbocycles. The third-order valence-corrected chi connectivity index (χ3v) is 7.28. The van der Waals surface area contributed by atoms with Gasteiger partial charge in [0.1, 0.15) is 23.0 Å². The number of rotatable bonds is 5. The van der Waals surface area contributed by atoms with Crippen molar-refractivity contribution in [2.24, 2.45) is 0 Å². The van der Waals surface area contributed by atoms with Crippen molar-refractivity contribution in [1.82, 2.24) is 5.32 Å². The second-order valence-electron chi connectivity index (χ2n) is 9.84. The molecule has 2 aliphatic heterocycles. The fraction of sp³-hybridized carbons (Fsp3) is 0.161. The number of likely N-dealkylation sites (N-methyl/N-ethyl adjacent to an activating group) is 1. The Kier molecular flexibility index (Phi) is 5.77. The topological polar surface area (TPSA) is 117 Å². The Morgan fingerprint density at radius 3 is 2.13 bits per heavy atom. The lowest BCUT2D eigenvalue weighted by atomic mass is 9.77. The van der Waals surface area contributed by atoms with Crippen LogP contribution in [0.4, 0.5) is 5.69 Å². The highest BCUT2D eigenvalue weighted by atomic mass is 16.6. The van der Waals surface area contributed by atoms with E-state index in [-0.39, 0.29) is 28.9 Å². The Morgan fingerprint density at radius 1 is 0.872 bits per heavy atom. The monoisotopic (exact) mass is 522 g/mol. The summed E-state index contributed by atoms with van der Waals surface area (Å²) in [5.41, 5.74) is 2.48. The van der Waals surface area contributed by atoms with E-state index in [0.717, 1.165) is 12.0 Å². The van der Waals surface area contributed by atoms with Crippen molar-refractivity contribution < 1.29 is 29.3 Å². The zero-order valence-electron chi connectivity index (χ0n) is 21.3. The molecule has 0 unspecified atom stereocenters. The fourth-order valence-electron chi connectivity index (χ4n) is 5.22. The maximum Gasteiger partial charge on any atom is 0.340 e. The Balaban J connectivity index is 1.40. The summed E-state index contributed by atoms with van der Waals surface area (Å²) in [7, 11) is 1.92. The van der Waals surface area contributed by atoms with Gasteiger partial charge in [-0.25, -0.2) is 4.79 Å². The van der Waals surface area contributed by atoms with E-state index < -0.39 is 11.6 Å². The van der Waals surface area contributed by atoms with Crippen molar-refractivity contribution in [3.8, 4) is 23.0 Å². The van der Waals surface area contributed by atoms with Crippen molar-refractivity contribution in [3.05, 3.63) is 112 Å². The SMILES string of the molecule is CN[C@@H](C)Cc1ccc(NC(=O)c2ccc3c(c2)C2(OC3=O)c3ccc(O)cc3Oc3cc(O)ccc32)cc1. The molecule has 0 saturated heterocycles. The van der Waals surface area contributed by atoms with Crippen LogP contribution in [0.15, 0.2) is 78.9 Å². The van der Waals surface area contributed by atoms with E-state index in [2.05, 4.69) is 17.6 Å². The molecule has 8 nitrogen and oxygen atoms in total. The second-order valence-corrected chi connectivity index (χ2v) is 9.84. The molecule has 0 aliphatic carbocycles. The molecule has 4 N–H and O–H groups in total. The van der Waals surface area contributed by atoms with Crippen LogP contribution in [0.25, 0.3) is 0 Å². The van der Waals surface area contributed by atoms with E-state index in [1.807, 2.05) is 31.3 Å². The molecule has 6 rings (SSSR count). The first-order chi connectivity index (χ1) is 18.8. The van der Waals surface area contributed by atoms with Gasteiger partial charge in [-0.1, -0.05) is 12.1 Å². The minimum absolute atomic E-state index is 0.0309. The van der Waals surface area contributed by atoms with Gasteiger partial charge in [-0.05, 0) is 80.6 Å². The van der Waals surface area contributed by atoms with Crippen molar-refractivity contribution >= 4 is 17.6 Å². The van der Waals surface area contributed by atoms with Crippen LogP contribution in [0, 0.1) is 0 Å². The molecule has 0 radical (unpaired) electrons. The predicted molar refractivity (Wildman–Crippen MR) is 145 cm³/mol. The maximum absolute atomic E-state index is 13.3. The summed E-state index contributed by atoms with van der Waals surface area (Å²) in [4.78, 5) is 26.4. The van der Waals surface area contributed by atoms with Crippen LogP contribution >= 0.6 is 0 Å². The number of carbonyl (C=O) groups is 2. The molecule has 0 fully saturated rings. The number of phenolic OH excluding ortho intramolecular Hbond substituents is 2. The van der Waals surface area contributed by atoms with Crippen molar-refractivity contribution in [2.75, 3.05) is 12.4 Å². The number of amides is 1.